The number of para-hydroxylation sites is 1. The first kappa shape index (κ1) is 40.3. The van der Waals surface area contributed by atoms with Gasteiger partial charge < -0.3 is 29.9 Å². The van der Waals surface area contributed by atoms with Crippen molar-refractivity contribution in [2.45, 2.75) is 60.3 Å². The van der Waals surface area contributed by atoms with Crippen molar-refractivity contribution in [2.75, 3.05) is 57.1 Å². The highest BCUT2D eigenvalue weighted by atomic mass is 16.6. The third-order valence-corrected chi connectivity index (χ3v) is 9.01. The molecule has 2 N–H and O–H groups in total. The van der Waals surface area contributed by atoms with Crippen LogP contribution in [0.4, 0.5) is 27.9 Å². The second-order valence-corrected chi connectivity index (χ2v) is 12.8. The molecule has 0 atom stereocenters. The minimum atomic E-state index is -0.693. The fraction of sp³-hybridized carbons (Fsp3) is 0.390. The minimum absolute atomic E-state index is 0.0132. The van der Waals surface area contributed by atoms with E-state index >= 15 is 0 Å². The lowest BCUT2D eigenvalue weighted by atomic mass is 10.1. The quantitative estimate of drug-likeness (QED) is 0.101. The maximum Gasteiger partial charge on any atom is 0.425 e. The van der Waals surface area contributed by atoms with Crippen LogP contribution in [0.25, 0.3) is 0 Å². The Bertz CT molecular complexity index is 1810. The summed E-state index contributed by atoms with van der Waals surface area (Å²) in [7, 11) is 3.34. The summed E-state index contributed by atoms with van der Waals surface area (Å²) in [6.07, 6.45) is 3.63. The Morgan fingerprint density at radius 1 is 0.887 bits per heavy atom. The smallest absolute Gasteiger partial charge is 0.425 e. The van der Waals surface area contributed by atoms with Crippen LogP contribution in [0.15, 0.2) is 72.9 Å². The molecule has 0 aliphatic carbocycles. The molecule has 0 fully saturated rings. The highest BCUT2D eigenvalue weighted by Crippen LogP contribution is 2.36. The van der Waals surface area contributed by atoms with Gasteiger partial charge in [-0.1, -0.05) is 51.5 Å². The van der Waals surface area contributed by atoms with Crippen LogP contribution in [0.3, 0.4) is 0 Å². The van der Waals surface area contributed by atoms with E-state index in [4.69, 9.17) is 14.5 Å². The predicted molar refractivity (Wildman–Crippen MR) is 210 cm³/mol. The van der Waals surface area contributed by atoms with Crippen molar-refractivity contribution in [1.29, 1.82) is 0 Å². The van der Waals surface area contributed by atoms with Crippen molar-refractivity contribution in [1.82, 2.24) is 25.1 Å². The third kappa shape index (κ3) is 11.2. The van der Waals surface area contributed by atoms with Crippen molar-refractivity contribution in [3.8, 4) is 11.5 Å². The molecule has 0 saturated heterocycles. The number of rotatable bonds is 18. The van der Waals surface area contributed by atoms with E-state index in [0.717, 1.165) is 49.2 Å². The average Bonchev–Trinajstić information content (AvgIpc) is 3.16. The number of hydrogen-bond acceptors (Lipinski definition) is 9. The highest BCUT2D eigenvalue weighted by molar-refractivity contribution is 5.98. The van der Waals surface area contributed by atoms with E-state index in [-0.39, 0.29) is 23.6 Å². The monoisotopic (exact) mass is 723 g/mol. The number of nitrogens with one attached hydrogen (secondary N) is 2. The van der Waals surface area contributed by atoms with E-state index < -0.39 is 6.09 Å². The van der Waals surface area contributed by atoms with Gasteiger partial charge in [-0.15, -0.1) is 0 Å². The molecular formula is C41H53N7O5. The molecule has 12 nitrogen and oxygen atoms in total. The molecule has 0 radical (unpaired) electrons. The zero-order valence-electron chi connectivity index (χ0n) is 32.1. The minimum Gasteiger partial charge on any atom is -0.495 e. The SMILES string of the molecule is CCCCNC(=O)CCc1ccc(N(C(=O)Oc2c(C)cccc2C)c2ccnc(Nc3ccc(C(=O)N(C)CCN(CC)CC)cc3)n2)c(OC)c1. The molecule has 53 heavy (non-hydrogen) atoms. The number of hydrogen-bond donors (Lipinski definition) is 2. The van der Waals surface area contributed by atoms with Crippen LogP contribution in [0.5, 0.6) is 11.5 Å². The molecule has 12 heteroatoms. The summed E-state index contributed by atoms with van der Waals surface area (Å²) in [5, 5.41) is 6.14. The standard InChI is InChI=1S/C41H53N7O5/c1-8-11-24-42-37(49)22-16-31-15-21-34(35(28-31)52-7)48(41(51)53-38-29(4)13-12-14-30(38)5)36-23-25-43-40(45-36)44-33-19-17-32(18-20-33)39(50)46(6)26-27-47(9-2)10-3/h12-15,17-21,23,25,28H,8-11,16,22,24,26-27H2,1-7H3,(H,42,49)(H,43,44,45). The summed E-state index contributed by atoms with van der Waals surface area (Å²) >= 11 is 0. The molecule has 4 rings (SSSR count). The Morgan fingerprint density at radius 2 is 1.60 bits per heavy atom. The molecule has 0 aliphatic rings. The zero-order valence-corrected chi connectivity index (χ0v) is 32.1. The number of likely N-dealkylation sites (N-methyl/N-ethyl adjacent to an activating group) is 2. The number of nitrogens with zero attached hydrogens (tertiary/aromatic N) is 5. The van der Waals surface area contributed by atoms with Gasteiger partial charge in [0.1, 0.15) is 17.3 Å². The van der Waals surface area contributed by atoms with Crippen molar-refractivity contribution in [3.05, 3.63) is 95.2 Å². The van der Waals surface area contributed by atoms with E-state index in [1.54, 1.807) is 47.5 Å². The van der Waals surface area contributed by atoms with Crippen LogP contribution in [-0.2, 0) is 11.2 Å². The van der Waals surface area contributed by atoms with Crippen LogP contribution in [0.1, 0.15) is 67.1 Å². The Balaban J connectivity index is 1.59. The van der Waals surface area contributed by atoms with Gasteiger partial charge in [-0.25, -0.2) is 14.7 Å². The van der Waals surface area contributed by atoms with Crippen molar-refractivity contribution in [3.63, 3.8) is 0 Å². The number of amides is 3. The van der Waals surface area contributed by atoms with Crippen molar-refractivity contribution in [2.24, 2.45) is 0 Å². The Labute approximate surface area is 313 Å². The number of ether oxygens (including phenoxy) is 2. The number of carbonyl (C=O) groups excluding carboxylic acids is 3. The third-order valence-electron chi connectivity index (χ3n) is 9.01. The van der Waals surface area contributed by atoms with Crippen molar-refractivity contribution < 1.29 is 23.9 Å². The number of benzene rings is 3. The van der Waals surface area contributed by atoms with Crippen LogP contribution < -0.4 is 25.0 Å². The number of carbonyl (C=O) groups is 3. The molecule has 3 amide bonds. The van der Waals surface area contributed by atoms with Crippen LogP contribution in [0.2, 0.25) is 0 Å². The Morgan fingerprint density at radius 3 is 2.26 bits per heavy atom. The number of unbranched alkanes of at least 4 members (excludes halogenated alkanes) is 1. The van der Waals surface area contributed by atoms with Gasteiger partial charge in [-0.3, -0.25) is 9.59 Å². The Hall–Kier alpha value is -5.49. The summed E-state index contributed by atoms with van der Waals surface area (Å²) in [4.78, 5) is 54.0. The summed E-state index contributed by atoms with van der Waals surface area (Å²) < 4.78 is 11.8. The van der Waals surface area contributed by atoms with Gasteiger partial charge in [0.25, 0.3) is 5.91 Å². The van der Waals surface area contributed by atoms with E-state index in [2.05, 4.69) is 41.3 Å². The number of methoxy groups -OCH3 is 1. The van der Waals surface area contributed by atoms with E-state index in [0.29, 0.717) is 54.4 Å². The summed E-state index contributed by atoms with van der Waals surface area (Å²) in [6, 6.07) is 19.8. The number of aromatic nitrogens is 2. The zero-order chi connectivity index (χ0) is 38.3. The van der Waals surface area contributed by atoms with E-state index in [1.807, 2.05) is 51.2 Å². The molecule has 0 bridgehead atoms. The van der Waals surface area contributed by atoms with Gasteiger partial charge in [0, 0.05) is 56.6 Å². The maximum atomic E-state index is 14.1. The van der Waals surface area contributed by atoms with E-state index in [9.17, 15) is 14.4 Å². The van der Waals surface area contributed by atoms with Gasteiger partial charge in [-0.05, 0) is 92.9 Å². The average molecular weight is 724 g/mol. The molecule has 0 aliphatic heterocycles. The second kappa shape index (κ2) is 19.9. The normalized spacial score (nSPS) is 10.9. The molecule has 1 heterocycles. The topological polar surface area (TPSA) is 129 Å². The lowest BCUT2D eigenvalue weighted by Crippen LogP contribution is -2.36. The molecule has 0 saturated carbocycles. The molecule has 0 unspecified atom stereocenters. The van der Waals surface area contributed by atoms with Crippen LogP contribution in [0, 0.1) is 13.8 Å². The van der Waals surface area contributed by atoms with Gasteiger partial charge in [-0.2, -0.15) is 4.98 Å². The Kier molecular flexibility index (Phi) is 15.2. The summed E-state index contributed by atoms with van der Waals surface area (Å²) in [5.41, 5.74) is 4.12. The summed E-state index contributed by atoms with van der Waals surface area (Å²) in [6.45, 7) is 14.0. The molecule has 0 spiro atoms. The van der Waals surface area contributed by atoms with Crippen molar-refractivity contribution >= 4 is 41.0 Å². The fourth-order valence-corrected chi connectivity index (χ4v) is 5.73. The maximum absolute atomic E-state index is 14.1. The van der Waals surface area contributed by atoms with E-state index in [1.165, 1.54) is 12.0 Å². The number of aryl methyl sites for hydroxylation is 3. The van der Waals surface area contributed by atoms with Crippen LogP contribution >= 0.6 is 0 Å². The van der Waals surface area contributed by atoms with Gasteiger partial charge in [0.05, 0.1) is 12.8 Å². The first-order chi connectivity index (χ1) is 25.6. The molecule has 1 aromatic heterocycles. The molecule has 4 aromatic rings. The lowest BCUT2D eigenvalue weighted by molar-refractivity contribution is -0.121. The van der Waals surface area contributed by atoms with Gasteiger partial charge >= 0.3 is 6.09 Å². The largest absolute Gasteiger partial charge is 0.495 e. The van der Waals surface area contributed by atoms with Crippen LogP contribution in [-0.4, -0.2) is 84.6 Å². The summed E-state index contributed by atoms with van der Waals surface area (Å²) in [5.74, 6) is 1.25. The highest BCUT2D eigenvalue weighted by Gasteiger charge is 2.27. The first-order valence-electron chi connectivity index (χ1n) is 18.3. The second-order valence-electron chi connectivity index (χ2n) is 12.8. The fourth-order valence-electron chi connectivity index (χ4n) is 5.73. The molecule has 3 aromatic carbocycles. The first-order valence-corrected chi connectivity index (χ1v) is 18.3. The van der Waals surface area contributed by atoms with Gasteiger partial charge in [0.2, 0.25) is 11.9 Å². The predicted octanol–water partition coefficient (Wildman–Crippen LogP) is 7.45. The van der Waals surface area contributed by atoms with Gasteiger partial charge in [0.15, 0.2) is 0 Å². The molecule has 282 valence electrons. The number of anilines is 4. The lowest BCUT2D eigenvalue weighted by Gasteiger charge is -2.24. The molecular weight excluding hydrogens is 670 g/mol.